The van der Waals surface area contributed by atoms with Crippen molar-refractivity contribution in [3.63, 3.8) is 0 Å². The maximum atomic E-state index is 11.7. The molecule has 2 aliphatic rings. The van der Waals surface area contributed by atoms with Gasteiger partial charge in [-0.2, -0.15) is 0 Å². The van der Waals surface area contributed by atoms with E-state index in [2.05, 4.69) is 10.6 Å². The number of nitrogens with one attached hydrogen (secondary N) is 2. The Kier molecular flexibility index (Phi) is 2.75. The number of hydrogen-bond donors (Lipinski definition) is 3. The van der Waals surface area contributed by atoms with Crippen LogP contribution in [-0.2, 0) is 4.79 Å². The van der Waals surface area contributed by atoms with Gasteiger partial charge in [-0.25, -0.2) is 4.79 Å². The number of fused-ring (bicyclic) bond motifs is 1. The highest BCUT2D eigenvalue weighted by Crippen LogP contribution is 2.28. The highest BCUT2D eigenvalue weighted by Gasteiger charge is 2.48. The van der Waals surface area contributed by atoms with E-state index >= 15 is 0 Å². The monoisotopic (exact) mass is 227 g/mol. The zero-order valence-corrected chi connectivity index (χ0v) is 9.32. The molecule has 2 fully saturated rings. The Labute approximate surface area is 94.0 Å². The fourth-order valence-corrected chi connectivity index (χ4v) is 2.51. The summed E-state index contributed by atoms with van der Waals surface area (Å²) in [7, 11) is 0. The Morgan fingerprint density at radius 2 is 2.44 bits per heavy atom. The van der Waals surface area contributed by atoms with E-state index in [1.165, 1.54) is 0 Å². The molecule has 0 bridgehead atoms. The molecule has 2 atom stereocenters. The van der Waals surface area contributed by atoms with Crippen molar-refractivity contribution in [3.8, 4) is 0 Å². The van der Waals surface area contributed by atoms with Gasteiger partial charge in [0.2, 0.25) is 0 Å². The number of carbonyl (C=O) groups is 2. The van der Waals surface area contributed by atoms with Gasteiger partial charge in [-0.05, 0) is 13.3 Å². The molecule has 0 aromatic heterocycles. The zero-order valence-electron chi connectivity index (χ0n) is 9.32. The van der Waals surface area contributed by atoms with Crippen LogP contribution in [0.3, 0.4) is 0 Å². The summed E-state index contributed by atoms with van der Waals surface area (Å²) in [6.45, 7) is 4.15. The van der Waals surface area contributed by atoms with E-state index in [4.69, 9.17) is 5.11 Å². The molecular weight excluding hydrogens is 210 g/mol. The molecule has 0 aromatic carbocycles. The second-order valence-electron chi connectivity index (χ2n) is 4.65. The average Bonchev–Trinajstić information content (AvgIpc) is 2.51. The number of urea groups is 1. The molecule has 2 saturated heterocycles. The quantitative estimate of drug-likeness (QED) is 0.613. The molecule has 90 valence electrons. The molecule has 0 aliphatic carbocycles. The van der Waals surface area contributed by atoms with Crippen LogP contribution in [0.1, 0.15) is 19.8 Å². The summed E-state index contributed by atoms with van der Waals surface area (Å²) >= 11 is 0. The molecule has 6 nitrogen and oxygen atoms in total. The van der Waals surface area contributed by atoms with Crippen LogP contribution in [-0.4, -0.2) is 53.2 Å². The molecule has 2 aliphatic heterocycles. The summed E-state index contributed by atoms with van der Waals surface area (Å²) in [5.74, 6) is -0.822. The van der Waals surface area contributed by atoms with Gasteiger partial charge in [-0.15, -0.1) is 0 Å². The van der Waals surface area contributed by atoms with Crippen LogP contribution in [0.5, 0.6) is 0 Å². The minimum absolute atomic E-state index is 0.0631. The first-order valence-electron chi connectivity index (χ1n) is 5.54. The summed E-state index contributed by atoms with van der Waals surface area (Å²) in [4.78, 5) is 24.1. The Bertz CT molecular complexity index is 320. The average molecular weight is 227 g/mol. The van der Waals surface area contributed by atoms with Gasteiger partial charge in [0.05, 0.1) is 11.6 Å². The smallest absolute Gasteiger partial charge is 0.318 e. The topological polar surface area (TPSA) is 81.7 Å². The van der Waals surface area contributed by atoms with Gasteiger partial charge in [0, 0.05) is 26.1 Å². The van der Waals surface area contributed by atoms with Crippen molar-refractivity contribution in [1.82, 2.24) is 15.5 Å². The van der Waals surface area contributed by atoms with E-state index in [-0.39, 0.29) is 18.5 Å². The fourth-order valence-electron chi connectivity index (χ4n) is 2.51. The zero-order chi connectivity index (χ0) is 11.8. The summed E-state index contributed by atoms with van der Waals surface area (Å²) in [6.07, 6.45) is 0.554. The molecule has 2 rings (SSSR count). The lowest BCUT2D eigenvalue weighted by Crippen LogP contribution is -2.56. The number of aliphatic carboxylic acids is 1. The molecule has 3 N–H and O–H groups in total. The van der Waals surface area contributed by atoms with Gasteiger partial charge in [-0.3, -0.25) is 4.79 Å². The van der Waals surface area contributed by atoms with E-state index in [0.717, 1.165) is 13.1 Å². The van der Waals surface area contributed by atoms with Crippen molar-refractivity contribution in [1.29, 1.82) is 0 Å². The second kappa shape index (κ2) is 3.93. The molecule has 2 unspecified atom stereocenters. The lowest BCUT2D eigenvalue weighted by atomic mass is 9.87. The van der Waals surface area contributed by atoms with E-state index in [1.807, 2.05) is 6.92 Å². The molecule has 0 aromatic rings. The Morgan fingerprint density at radius 3 is 3.12 bits per heavy atom. The SMILES string of the molecule is CC1(CCC(=O)O)NC(=O)N2CCNCC21. The summed E-state index contributed by atoms with van der Waals surface area (Å²) in [6, 6.07) is -0.00695. The summed E-state index contributed by atoms with van der Waals surface area (Å²) in [5, 5.41) is 14.9. The number of amides is 2. The normalized spacial score (nSPS) is 33.4. The number of piperazine rings is 1. The van der Waals surface area contributed by atoms with Crippen LogP contribution in [0.2, 0.25) is 0 Å². The van der Waals surface area contributed by atoms with Crippen LogP contribution in [0.25, 0.3) is 0 Å². The minimum atomic E-state index is -0.822. The van der Waals surface area contributed by atoms with Gasteiger partial charge >= 0.3 is 12.0 Å². The van der Waals surface area contributed by atoms with Gasteiger partial charge in [0.1, 0.15) is 0 Å². The molecular formula is C10H17N3O3. The van der Waals surface area contributed by atoms with Crippen LogP contribution >= 0.6 is 0 Å². The maximum Gasteiger partial charge on any atom is 0.318 e. The Balaban J connectivity index is 2.08. The number of carboxylic acids is 1. The van der Waals surface area contributed by atoms with E-state index in [1.54, 1.807) is 4.90 Å². The third-order valence-electron chi connectivity index (χ3n) is 3.49. The van der Waals surface area contributed by atoms with Gasteiger partial charge < -0.3 is 20.6 Å². The summed E-state index contributed by atoms with van der Waals surface area (Å²) in [5.41, 5.74) is -0.428. The molecule has 2 amide bonds. The Hall–Kier alpha value is -1.30. The molecule has 16 heavy (non-hydrogen) atoms. The molecule has 0 spiro atoms. The van der Waals surface area contributed by atoms with Crippen molar-refractivity contribution >= 4 is 12.0 Å². The molecule has 0 saturated carbocycles. The lowest BCUT2D eigenvalue weighted by Gasteiger charge is -2.36. The Morgan fingerprint density at radius 1 is 1.69 bits per heavy atom. The van der Waals surface area contributed by atoms with Gasteiger partial charge in [-0.1, -0.05) is 0 Å². The fraction of sp³-hybridized carbons (Fsp3) is 0.800. The number of hydrogen-bond acceptors (Lipinski definition) is 3. The van der Waals surface area contributed by atoms with Crippen LogP contribution in [0.15, 0.2) is 0 Å². The largest absolute Gasteiger partial charge is 0.481 e. The second-order valence-corrected chi connectivity index (χ2v) is 4.65. The van der Waals surface area contributed by atoms with Crippen LogP contribution < -0.4 is 10.6 Å². The first-order chi connectivity index (χ1) is 7.53. The summed E-state index contributed by atoms with van der Waals surface area (Å²) < 4.78 is 0. The predicted octanol–water partition coefficient (Wildman–Crippen LogP) is -0.393. The highest BCUT2D eigenvalue weighted by atomic mass is 16.4. The molecule has 2 heterocycles. The molecule has 0 radical (unpaired) electrons. The first kappa shape index (κ1) is 11.2. The van der Waals surface area contributed by atoms with Crippen molar-refractivity contribution in [2.24, 2.45) is 0 Å². The third-order valence-corrected chi connectivity index (χ3v) is 3.49. The van der Waals surface area contributed by atoms with E-state index in [9.17, 15) is 9.59 Å². The van der Waals surface area contributed by atoms with Gasteiger partial charge in [0.25, 0.3) is 0 Å². The van der Waals surface area contributed by atoms with Crippen molar-refractivity contribution in [2.45, 2.75) is 31.3 Å². The number of rotatable bonds is 3. The number of carbonyl (C=O) groups excluding carboxylic acids is 1. The lowest BCUT2D eigenvalue weighted by molar-refractivity contribution is -0.137. The van der Waals surface area contributed by atoms with Crippen molar-refractivity contribution in [3.05, 3.63) is 0 Å². The van der Waals surface area contributed by atoms with Crippen LogP contribution in [0, 0.1) is 0 Å². The minimum Gasteiger partial charge on any atom is -0.481 e. The van der Waals surface area contributed by atoms with Crippen LogP contribution in [0.4, 0.5) is 4.79 Å². The van der Waals surface area contributed by atoms with Crippen molar-refractivity contribution < 1.29 is 14.7 Å². The number of nitrogens with zero attached hydrogens (tertiary/aromatic N) is 1. The first-order valence-corrected chi connectivity index (χ1v) is 5.54. The molecule has 6 heteroatoms. The van der Waals surface area contributed by atoms with E-state index < -0.39 is 11.5 Å². The maximum absolute atomic E-state index is 11.7. The van der Waals surface area contributed by atoms with E-state index in [0.29, 0.717) is 13.0 Å². The highest BCUT2D eigenvalue weighted by molar-refractivity contribution is 5.79. The van der Waals surface area contributed by atoms with Crippen molar-refractivity contribution in [2.75, 3.05) is 19.6 Å². The number of carboxylic acid groups (broad SMARTS) is 1. The third kappa shape index (κ3) is 1.84. The van der Waals surface area contributed by atoms with Gasteiger partial charge in [0.15, 0.2) is 0 Å². The standard InChI is InChI=1S/C10H17N3O3/c1-10(3-2-8(14)15)7-6-11-4-5-13(7)9(16)12-10/h7,11H,2-6H2,1H3,(H,12,16)(H,14,15). The predicted molar refractivity (Wildman–Crippen MR) is 57.2 cm³/mol.